The van der Waals surface area contributed by atoms with E-state index in [1.807, 2.05) is 13.0 Å². The second kappa shape index (κ2) is 9.37. The summed E-state index contributed by atoms with van der Waals surface area (Å²) in [7, 11) is 1.62. The molecule has 0 saturated carbocycles. The molecule has 1 aliphatic heterocycles. The van der Waals surface area contributed by atoms with Crippen molar-refractivity contribution in [3.05, 3.63) is 23.8 Å². The molecule has 1 saturated heterocycles. The third-order valence-electron chi connectivity index (χ3n) is 4.45. The summed E-state index contributed by atoms with van der Waals surface area (Å²) in [6.45, 7) is 8.64. The number of aliphatic imine (C=N–C) groups is 1. The number of ether oxygens (including phenoxy) is 1. The van der Waals surface area contributed by atoms with Crippen LogP contribution in [0.25, 0.3) is 0 Å². The van der Waals surface area contributed by atoms with Crippen LogP contribution in [0, 0.1) is 0 Å². The van der Waals surface area contributed by atoms with E-state index < -0.39 is 0 Å². The van der Waals surface area contributed by atoms with Crippen molar-refractivity contribution >= 4 is 5.96 Å². The monoisotopic (exact) mass is 334 g/mol. The summed E-state index contributed by atoms with van der Waals surface area (Å²) in [5.74, 6) is 1.74. The topological polar surface area (TPSA) is 69.1 Å². The van der Waals surface area contributed by atoms with Gasteiger partial charge in [0, 0.05) is 24.7 Å². The Morgan fingerprint density at radius 3 is 2.92 bits per heavy atom. The molecule has 0 aromatic heterocycles. The zero-order valence-electron chi connectivity index (χ0n) is 15.0. The largest absolute Gasteiger partial charge is 0.508 e. The maximum Gasteiger partial charge on any atom is 0.191 e. The minimum absolute atomic E-state index is 0.239. The van der Waals surface area contributed by atoms with E-state index in [4.69, 9.17) is 4.74 Å². The normalized spacial score (nSPS) is 18.6. The lowest BCUT2D eigenvalue weighted by Crippen LogP contribution is -2.44. The van der Waals surface area contributed by atoms with E-state index in [1.165, 1.54) is 19.4 Å². The number of aromatic hydroxyl groups is 1. The number of benzene rings is 1. The smallest absolute Gasteiger partial charge is 0.191 e. The second-order valence-corrected chi connectivity index (χ2v) is 6.00. The molecule has 24 heavy (non-hydrogen) atoms. The zero-order valence-corrected chi connectivity index (χ0v) is 15.0. The molecule has 6 nitrogen and oxygen atoms in total. The summed E-state index contributed by atoms with van der Waals surface area (Å²) in [6.07, 6.45) is 2.50. The highest BCUT2D eigenvalue weighted by Gasteiger charge is 2.22. The zero-order chi connectivity index (χ0) is 17.4. The van der Waals surface area contributed by atoms with E-state index in [1.54, 1.807) is 19.2 Å². The van der Waals surface area contributed by atoms with Crippen molar-refractivity contribution in [1.82, 2.24) is 15.5 Å². The van der Waals surface area contributed by atoms with Gasteiger partial charge in [0.15, 0.2) is 5.96 Å². The molecule has 2 rings (SSSR count). The molecule has 1 aliphatic rings. The molecular weight excluding hydrogens is 304 g/mol. The summed E-state index contributed by atoms with van der Waals surface area (Å²) in [6, 6.07) is 5.77. The first-order valence-corrected chi connectivity index (χ1v) is 8.80. The number of nitrogens with zero attached hydrogens (tertiary/aromatic N) is 2. The summed E-state index contributed by atoms with van der Waals surface area (Å²) >= 11 is 0. The number of phenols is 1. The van der Waals surface area contributed by atoms with Gasteiger partial charge in [-0.15, -0.1) is 0 Å². The van der Waals surface area contributed by atoms with E-state index >= 15 is 0 Å². The predicted molar refractivity (Wildman–Crippen MR) is 97.7 cm³/mol. The van der Waals surface area contributed by atoms with Crippen molar-refractivity contribution in [2.75, 3.05) is 33.3 Å². The van der Waals surface area contributed by atoms with E-state index in [9.17, 15) is 5.11 Å². The van der Waals surface area contributed by atoms with Gasteiger partial charge in [-0.2, -0.15) is 0 Å². The molecule has 1 aromatic rings. The van der Waals surface area contributed by atoms with Crippen molar-refractivity contribution in [3.63, 3.8) is 0 Å². The lowest BCUT2D eigenvalue weighted by Gasteiger charge is -2.24. The van der Waals surface area contributed by atoms with Gasteiger partial charge in [0.2, 0.25) is 0 Å². The highest BCUT2D eigenvalue weighted by atomic mass is 16.5. The fraction of sp³-hybridized carbons (Fsp3) is 0.611. The molecule has 0 bridgehead atoms. The minimum atomic E-state index is 0.239. The highest BCUT2D eigenvalue weighted by Crippen LogP contribution is 2.23. The SMILES string of the molecule is CCNC(=NCc1cc(OC)ccc1O)NCC1CCCN1CC. The summed E-state index contributed by atoms with van der Waals surface area (Å²) in [5.41, 5.74) is 0.752. The third-order valence-corrected chi connectivity index (χ3v) is 4.45. The predicted octanol–water partition coefficient (Wildman–Crippen LogP) is 1.94. The van der Waals surface area contributed by atoms with Gasteiger partial charge in [-0.25, -0.2) is 4.99 Å². The summed E-state index contributed by atoms with van der Waals surface area (Å²) < 4.78 is 5.21. The van der Waals surface area contributed by atoms with Crippen LogP contribution in [0.5, 0.6) is 11.5 Å². The average molecular weight is 334 g/mol. The maximum atomic E-state index is 9.97. The summed E-state index contributed by atoms with van der Waals surface area (Å²) in [5, 5.41) is 16.7. The van der Waals surface area contributed by atoms with Crippen molar-refractivity contribution in [2.45, 2.75) is 39.3 Å². The van der Waals surface area contributed by atoms with Gasteiger partial charge >= 0.3 is 0 Å². The van der Waals surface area contributed by atoms with Gasteiger partial charge < -0.3 is 20.5 Å². The molecule has 1 heterocycles. The number of phenolic OH excluding ortho intramolecular Hbond substituents is 1. The van der Waals surface area contributed by atoms with Crippen LogP contribution >= 0.6 is 0 Å². The number of nitrogens with one attached hydrogen (secondary N) is 2. The van der Waals surface area contributed by atoms with Crippen LogP contribution in [0.2, 0.25) is 0 Å². The Kier molecular flexibility index (Phi) is 7.18. The van der Waals surface area contributed by atoms with Gasteiger partial charge in [-0.05, 0) is 51.1 Å². The van der Waals surface area contributed by atoms with E-state index in [0.29, 0.717) is 12.6 Å². The standard InChI is InChI=1S/C18H30N4O2/c1-4-19-18(21-13-15-7-6-10-22(15)5-2)20-12-14-11-16(24-3)8-9-17(14)23/h8-9,11,15,23H,4-7,10,12-13H2,1-3H3,(H2,19,20,21). The average Bonchev–Trinajstić information content (AvgIpc) is 3.06. The third kappa shape index (κ3) is 5.03. The fourth-order valence-electron chi connectivity index (χ4n) is 3.08. The second-order valence-electron chi connectivity index (χ2n) is 6.00. The Labute approximate surface area is 144 Å². The molecular formula is C18H30N4O2. The molecule has 0 radical (unpaired) electrons. The minimum Gasteiger partial charge on any atom is -0.508 e. The van der Waals surface area contributed by atoms with Gasteiger partial charge in [0.05, 0.1) is 13.7 Å². The number of rotatable bonds is 7. The van der Waals surface area contributed by atoms with Crippen molar-refractivity contribution in [2.24, 2.45) is 4.99 Å². The fourth-order valence-corrected chi connectivity index (χ4v) is 3.08. The number of likely N-dealkylation sites (tertiary alicyclic amines) is 1. The molecule has 1 unspecified atom stereocenters. The molecule has 0 aliphatic carbocycles. The lowest BCUT2D eigenvalue weighted by molar-refractivity contribution is 0.267. The molecule has 6 heteroatoms. The first-order valence-electron chi connectivity index (χ1n) is 8.80. The maximum absolute atomic E-state index is 9.97. The van der Waals surface area contributed by atoms with Crippen LogP contribution in [0.1, 0.15) is 32.3 Å². The molecule has 0 spiro atoms. The lowest BCUT2D eigenvalue weighted by atomic mass is 10.2. The Hall–Kier alpha value is -1.95. The molecule has 0 amide bonds. The molecule has 1 aromatic carbocycles. The highest BCUT2D eigenvalue weighted by molar-refractivity contribution is 5.79. The van der Waals surface area contributed by atoms with Crippen LogP contribution in [-0.4, -0.2) is 55.3 Å². The van der Waals surface area contributed by atoms with Gasteiger partial charge in [0.1, 0.15) is 11.5 Å². The number of hydrogen-bond donors (Lipinski definition) is 3. The van der Waals surface area contributed by atoms with Gasteiger partial charge in [-0.1, -0.05) is 6.92 Å². The van der Waals surface area contributed by atoms with Crippen LogP contribution in [-0.2, 0) is 6.54 Å². The number of methoxy groups -OCH3 is 1. The van der Waals surface area contributed by atoms with Crippen molar-refractivity contribution in [3.8, 4) is 11.5 Å². The van der Waals surface area contributed by atoms with Crippen LogP contribution in [0.4, 0.5) is 0 Å². The molecule has 1 atom stereocenters. The van der Waals surface area contributed by atoms with Crippen molar-refractivity contribution in [1.29, 1.82) is 0 Å². The Bertz CT molecular complexity index is 548. The Morgan fingerprint density at radius 1 is 1.38 bits per heavy atom. The molecule has 1 fully saturated rings. The first kappa shape index (κ1) is 18.4. The van der Waals surface area contributed by atoms with E-state index in [2.05, 4.69) is 27.4 Å². The number of hydrogen-bond acceptors (Lipinski definition) is 4. The van der Waals surface area contributed by atoms with Crippen LogP contribution in [0.15, 0.2) is 23.2 Å². The van der Waals surface area contributed by atoms with E-state index in [-0.39, 0.29) is 5.75 Å². The van der Waals surface area contributed by atoms with Crippen LogP contribution < -0.4 is 15.4 Å². The Morgan fingerprint density at radius 2 is 2.21 bits per heavy atom. The molecule has 134 valence electrons. The summed E-state index contributed by atoms with van der Waals surface area (Å²) in [4.78, 5) is 7.10. The number of guanidine groups is 1. The van der Waals surface area contributed by atoms with Crippen LogP contribution in [0.3, 0.4) is 0 Å². The van der Waals surface area contributed by atoms with E-state index in [0.717, 1.165) is 36.9 Å². The number of likely N-dealkylation sites (N-methyl/N-ethyl adjacent to an activating group) is 1. The van der Waals surface area contributed by atoms with Crippen molar-refractivity contribution < 1.29 is 9.84 Å². The Balaban J connectivity index is 1.97. The first-order chi connectivity index (χ1) is 11.7. The van der Waals surface area contributed by atoms with Gasteiger partial charge in [0.25, 0.3) is 0 Å². The van der Waals surface area contributed by atoms with Gasteiger partial charge in [-0.3, -0.25) is 4.90 Å². The molecule has 3 N–H and O–H groups in total. The quantitative estimate of drug-likeness (QED) is 0.525.